The number of nitrogens with zero attached hydrogens (tertiary/aromatic N) is 1. The summed E-state index contributed by atoms with van der Waals surface area (Å²) in [5, 5.41) is 3.86. The molecule has 0 fully saturated rings. The second-order valence-corrected chi connectivity index (χ2v) is 5.42. The third-order valence-corrected chi connectivity index (χ3v) is 3.85. The molecule has 3 rings (SSSR count). The maximum atomic E-state index is 12.1. The minimum Gasteiger partial charge on any atom is -0.320 e. The van der Waals surface area contributed by atoms with Gasteiger partial charge in [0.25, 0.3) is 5.91 Å². The number of rotatable bonds is 2. The Labute approximate surface area is 118 Å². The van der Waals surface area contributed by atoms with Crippen molar-refractivity contribution in [2.45, 2.75) is 0 Å². The van der Waals surface area contributed by atoms with Crippen molar-refractivity contribution in [2.24, 2.45) is 0 Å². The smallest absolute Gasteiger partial charge is 0.284 e. The van der Waals surface area contributed by atoms with Gasteiger partial charge >= 0.3 is 0 Å². The van der Waals surface area contributed by atoms with Crippen LogP contribution in [0.1, 0.15) is 9.80 Å². The van der Waals surface area contributed by atoms with E-state index in [1.165, 1.54) is 11.3 Å². The molecule has 3 nitrogen and oxygen atoms in total. The molecule has 19 heavy (non-hydrogen) atoms. The highest BCUT2D eigenvalue weighted by atomic mass is 35.5. The highest BCUT2D eigenvalue weighted by Gasteiger charge is 2.12. The lowest BCUT2D eigenvalue weighted by molar-refractivity contribution is 0.102. The maximum Gasteiger partial charge on any atom is 0.284 e. The molecule has 1 N–H and O–H groups in total. The predicted molar refractivity (Wildman–Crippen MR) is 79.0 cm³/mol. The zero-order valence-corrected chi connectivity index (χ0v) is 11.3. The molecule has 0 radical (unpaired) electrons. The molecule has 0 saturated carbocycles. The Morgan fingerprint density at radius 1 is 1.16 bits per heavy atom. The summed E-state index contributed by atoms with van der Waals surface area (Å²) < 4.78 is 0.947. The first-order valence-corrected chi connectivity index (χ1v) is 6.84. The van der Waals surface area contributed by atoms with E-state index in [0.717, 1.165) is 15.9 Å². The van der Waals surface area contributed by atoms with Gasteiger partial charge in [-0.3, -0.25) is 4.79 Å². The molecular formula is C14H9ClN2OS. The van der Waals surface area contributed by atoms with E-state index in [1.807, 2.05) is 36.4 Å². The molecule has 94 valence electrons. The highest BCUT2D eigenvalue weighted by molar-refractivity contribution is 7.20. The van der Waals surface area contributed by atoms with Crippen molar-refractivity contribution in [3.63, 3.8) is 0 Å². The van der Waals surface area contributed by atoms with Crippen LogP contribution >= 0.6 is 22.9 Å². The largest absolute Gasteiger partial charge is 0.320 e. The lowest BCUT2D eigenvalue weighted by atomic mass is 10.3. The van der Waals surface area contributed by atoms with E-state index < -0.39 is 0 Å². The lowest BCUT2D eigenvalue weighted by Gasteiger charge is -2.01. The minimum atomic E-state index is -0.205. The molecule has 0 aliphatic rings. The number of para-hydroxylation sites is 1. The van der Waals surface area contributed by atoms with E-state index >= 15 is 0 Å². The number of carbonyl (C=O) groups excluding carboxylic acids is 1. The van der Waals surface area contributed by atoms with Gasteiger partial charge in [0.15, 0.2) is 5.01 Å². The van der Waals surface area contributed by atoms with Gasteiger partial charge in [0.1, 0.15) is 0 Å². The normalized spacial score (nSPS) is 10.6. The van der Waals surface area contributed by atoms with Crippen molar-refractivity contribution in [2.75, 3.05) is 5.32 Å². The van der Waals surface area contributed by atoms with Gasteiger partial charge in [-0.05, 0) is 30.3 Å². The van der Waals surface area contributed by atoms with Gasteiger partial charge < -0.3 is 5.32 Å². The average Bonchev–Trinajstić information content (AvgIpc) is 2.83. The number of anilines is 1. The van der Waals surface area contributed by atoms with Crippen LogP contribution in [-0.2, 0) is 0 Å². The number of carbonyl (C=O) groups is 1. The van der Waals surface area contributed by atoms with Gasteiger partial charge in [-0.15, -0.1) is 11.3 Å². The van der Waals surface area contributed by atoms with Gasteiger partial charge in [0.2, 0.25) is 0 Å². The monoisotopic (exact) mass is 288 g/mol. The number of thiazole rings is 1. The molecule has 1 amide bonds. The molecule has 0 unspecified atom stereocenters. The second kappa shape index (κ2) is 4.99. The van der Waals surface area contributed by atoms with E-state index in [-0.39, 0.29) is 5.91 Å². The van der Waals surface area contributed by atoms with Crippen LogP contribution in [0, 0.1) is 0 Å². The maximum absolute atomic E-state index is 12.1. The first-order chi connectivity index (χ1) is 9.22. The van der Waals surface area contributed by atoms with Crippen LogP contribution in [0.4, 0.5) is 5.69 Å². The summed E-state index contributed by atoms with van der Waals surface area (Å²) in [5.74, 6) is -0.205. The van der Waals surface area contributed by atoms with Crippen molar-refractivity contribution in [3.05, 3.63) is 58.6 Å². The van der Waals surface area contributed by atoms with E-state index in [1.54, 1.807) is 12.1 Å². The quantitative estimate of drug-likeness (QED) is 0.768. The van der Waals surface area contributed by atoms with Crippen molar-refractivity contribution in [1.29, 1.82) is 0 Å². The van der Waals surface area contributed by atoms with Crippen molar-refractivity contribution < 1.29 is 4.79 Å². The zero-order chi connectivity index (χ0) is 13.2. The van der Waals surface area contributed by atoms with E-state index in [4.69, 9.17) is 11.6 Å². The molecule has 5 heteroatoms. The van der Waals surface area contributed by atoms with Crippen LogP contribution in [0.5, 0.6) is 0 Å². The van der Waals surface area contributed by atoms with Crippen LogP contribution < -0.4 is 5.32 Å². The van der Waals surface area contributed by atoms with Crippen LogP contribution in [-0.4, -0.2) is 10.9 Å². The molecule has 1 heterocycles. The van der Waals surface area contributed by atoms with Crippen molar-refractivity contribution in [1.82, 2.24) is 4.98 Å². The minimum absolute atomic E-state index is 0.205. The molecule has 1 aromatic heterocycles. The first-order valence-electron chi connectivity index (χ1n) is 5.65. The van der Waals surface area contributed by atoms with Crippen molar-refractivity contribution >= 4 is 44.7 Å². The molecule has 0 bridgehead atoms. The van der Waals surface area contributed by atoms with Crippen LogP contribution in [0.15, 0.2) is 48.5 Å². The summed E-state index contributed by atoms with van der Waals surface area (Å²) in [6.07, 6.45) is 0. The van der Waals surface area contributed by atoms with Gasteiger partial charge in [0, 0.05) is 10.7 Å². The Kier molecular flexibility index (Phi) is 3.19. The van der Waals surface area contributed by atoms with Crippen molar-refractivity contribution in [3.8, 4) is 0 Å². The Balaban J connectivity index is 1.89. The van der Waals surface area contributed by atoms with Crippen LogP contribution in [0.2, 0.25) is 5.02 Å². The Hall–Kier alpha value is -1.91. The zero-order valence-electron chi connectivity index (χ0n) is 9.76. The molecule has 0 saturated heterocycles. The molecule has 3 aromatic rings. The van der Waals surface area contributed by atoms with Gasteiger partial charge in [-0.2, -0.15) is 0 Å². The van der Waals surface area contributed by atoms with Gasteiger partial charge in [0.05, 0.1) is 10.2 Å². The summed E-state index contributed by atoms with van der Waals surface area (Å²) >= 11 is 7.25. The number of hydrogen-bond donors (Lipinski definition) is 1. The van der Waals surface area contributed by atoms with Crippen LogP contribution in [0.25, 0.3) is 10.2 Å². The number of amides is 1. The topological polar surface area (TPSA) is 42.0 Å². The average molecular weight is 289 g/mol. The third kappa shape index (κ3) is 2.59. The fourth-order valence-electron chi connectivity index (χ4n) is 1.70. The van der Waals surface area contributed by atoms with E-state index in [2.05, 4.69) is 10.3 Å². The lowest BCUT2D eigenvalue weighted by Crippen LogP contribution is -2.11. The molecule has 0 aliphatic carbocycles. The number of aromatic nitrogens is 1. The fourth-order valence-corrected chi connectivity index (χ4v) is 2.71. The third-order valence-electron chi connectivity index (χ3n) is 2.58. The summed E-state index contributed by atoms with van der Waals surface area (Å²) in [4.78, 5) is 16.4. The summed E-state index contributed by atoms with van der Waals surface area (Å²) in [5.41, 5.74) is 1.50. The summed E-state index contributed by atoms with van der Waals surface area (Å²) in [6, 6.07) is 14.7. The molecule has 0 spiro atoms. The van der Waals surface area contributed by atoms with E-state index in [9.17, 15) is 4.79 Å². The Bertz CT molecular complexity index is 740. The van der Waals surface area contributed by atoms with E-state index in [0.29, 0.717) is 10.0 Å². The van der Waals surface area contributed by atoms with Crippen LogP contribution in [0.3, 0.4) is 0 Å². The molecule has 2 aromatic carbocycles. The van der Waals surface area contributed by atoms with Gasteiger partial charge in [-0.1, -0.05) is 29.8 Å². The summed E-state index contributed by atoms with van der Waals surface area (Å²) in [6.45, 7) is 0. The second-order valence-electron chi connectivity index (χ2n) is 3.95. The number of benzene rings is 2. The summed E-state index contributed by atoms with van der Waals surface area (Å²) in [7, 11) is 0. The van der Waals surface area contributed by atoms with Gasteiger partial charge in [-0.25, -0.2) is 4.98 Å². The first kappa shape index (κ1) is 12.1. The number of fused-ring (bicyclic) bond motifs is 1. The standard InChI is InChI=1S/C14H9ClN2OS/c15-9-6-7-12-11(8-9)17-14(19-12)13(18)16-10-4-2-1-3-5-10/h1-8H,(H,16,18). The number of hydrogen-bond acceptors (Lipinski definition) is 3. The fraction of sp³-hybridized carbons (Fsp3) is 0. The number of nitrogens with one attached hydrogen (secondary N) is 1. The molecule has 0 atom stereocenters. The molecule has 0 aliphatic heterocycles. The predicted octanol–water partition coefficient (Wildman–Crippen LogP) is 4.20. The Morgan fingerprint density at radius 3 is 2.74 bits per heavy atom. The Morgan fingerprint density at radius 2 is 1.95 bits per heavy atom. The highest BCUT2D eigenvalue weighted by Crippen LogP contribution is 2.25. The SMILES string of the molecule is O=C(Nc1ccccc1)c1nc2cc(Cl)ccc2s1. The molecular weight excluding hydrogens is 280 g/mol. The number of halogens is 1.